The van der Waals surface area contributed by atoms with Gasteiger partial charge in [-0.05, 0) is 38.1 Å². The molecule has 0 fully saturated rings. The third-order valence-electron chi connectivity index (χ3n) is 5.59. The van der Waals surface area contributed by atoms with Crippen molar-refractivity contribution < 1.29 is 14.2 Å². The molecule has 0 aliphatic carbocycles. The minimum atomic E-state index is -0.343. The quantitative estimate of drug-likeness (QED) is 0.458. The number of nitro benzene ring substituents is 1. The van der Waals surface area contributed by atoms with Gasteiger partial charge < -0.3 is 9.64 Å². The van der Waals surface area contributed by atoms with Crippen molar-refractivity contribution in [2.45, 2.75) is 19.3 Å². The molecule has 0 spiro atoms. The molecule has 2 aliphatic heterocycles. The summed E-state index contributed by atoms with van der Waals surface area (Å²) in [7, 11) is 4.03. The SMILES string of the molecule is CN(C)c1ccc(C2=CC3=[N+](CCO2)c2ccc([N+](=O)[O-])cc2C3(C)C)cc1. The van der Waals surface area contributed by atoms with E-state index in [1.807, 2.05) is 20.2 Å². The highest BCUT2D eigenvalue weighted by atomic mass is 16.6. The van der Waals surface area contributed by atoms with Crippen LogP contribution in [0.25, 0.3) is 5.76 Å². The van der Waals surface area contributed by atoms with Gasteiger partial charge in [-0.1, -0.05) is 0 Å². The van der Waals surface area contributed by atoms with Gasteiger partial charge in [0, 0.05) is 55.2 Å². The molecule has 0 saturated carbocycles. The van der Waals surface area contributed by atoms with Crippen LogP contribution in [0, 0.1) is 10.1 Å². The lowest BCUT2D eigenvalue weighted by atomic mass is 9.81. The number of non-ortho nitro benzene ring substituents is 1. The second kappa shape index (κ2) is 6.48. The van der Waals surface area contributed by atoms with Crippen molar-refractivity contribution in [1.29, 1.82) is 0 Å². The summed E-state index contributed by atoms with van der Waals surface area (Å²) in [6.07, 6.45) is 2.09. The van der Waals surface area contributed by atoms with Crippen LogP contribution in [0.2, 0.25) is 0 Å². The van der Waals surface area contributed by atoms with E-state index in [2.05, 4.69) is 53.7 Å². The van der Waals surface area contributed by atoms with Gasteiger partial charge in [-0.3, -0.25) is 10.1 Å². The third-order valence-corrected chi connectivity index (χ3v) is 5.59. The third kappa shape index (κ3) is 2.85. The maximum atomic E-state index is 11.2. The van der Waals surface area contributed by atoms with Crippen LogP contribution in [0.1, 0.15) is 25.0 Å². The summed E-state index contributed by atoms with van der Waals surface area (Å²) in [6.45, 7) is 5.48. The fraction of sp³-hybridized carbons (Fsp3) is 0.318. The Balaban J connectivity index is 1.78. The van der Waals surface area contributed by atoms with E-state index >= 15 is 0 Å². The molecule has 0 atom stereocenters. The zero-order valence-electron chi connectivity index (χ0n) is 16.6. The van der Waals surface area contributed by atoms with Gasteiger partial charge in [0.05, 0.1) is 10.3 Å². The van der Waals surface area contributed by atoms with Crippen LogP contribution in [0.5, 0.6) is 0 Å². The average Bonchev–Trinajstić information content (AvgIpc) is 2.83. The number of ether oxygens (including phenoxy) is 1. The summed E-state index contributed by atoms with van der Waals surface area (Å²) in [4.78, 5) is 13.0. The molecule has 2 aromatic carbocycles. The average molecular weight is 378 g/mol. The second-order valence-corrected chi connectivity index (χ2v) is 7.92. The molecule has 6 heteroatoms. The Bertz CT molecular complexity index is 1020. The number of rotatable bonds is 3. The van der Waals surface area contributed by atoms with Gasteiger partial charge in [-0.25, -0.2) is 0 Å². The molecule has 0 unspecified atom stereocenters. The van der Waals surface area contributed by atoms with Crippen molar-refractivity contribution in [2.24, 2.45) is 0 Å². The molecule has 0 bridgehead atoms. The molecule has 28 heavy (non-hydrogen) atoms. The van der Waals surface area contributed by atoms with E-state index in [0.717, 1.165) is 34.0 Å². The Hall–Kier alpha value is -3.15. The monoisotopic (exact) mass is 378 g/mol. The molecule has 0 N–H and O–H groups in total. The lowest BCUT2D eigenvalue weighted by molar-refractivity contribution is -0.439. The first-order valence-electron chi connectivity index (χ1n) is 9.35. The summed E-state index contributed by atoms with van der Waals surface area (Å²) in [5, 5.41) is 11.2. The van der Waals surface area contributed by atoms with E-state index in [4.69, 9.17) is 4.74 Å². The highest BCUT2D eigenvalue weighted by Crippen LogP contribution is 2.43. The number of allylic oxidation sites excluding steroid dienone is 1. The van der Waals surface area contributed by atoms with Gasteiger partial charge in [-0.15, -0.1) is 0 Å². The molecule has 4 rings (SSSR count). The van der Waals surface area contributed by atoms with Gasteiger partial charge in [-0.2, -0.15) is 4.58 Å². The summed E-state index contributed by atoms with van der Waals surface area (Å²) in [5.74, 6) is 0.832. The summed E-state index contributed by atoms with van der Waals surface area (Å²) in [5.41, 5.74) is 5.05. The zero-order valence-corrected chi connectivity index (χ0v) is 16.6. The summed E-state index contributed by atoms with van der Waals surface area (Å²) in [6, 6.07) is 13.4. The van der Waals surface area contributed by atoms with Crippen molar-refractivity contribution in [1.82, 2.24) is 0 Å². The molecule has 2 aliphatic rings. The minimum absolute atomic E-state index is 0.129. The Morgan fingerprint density at radius 2 is 1.86 bits per heavy atom. The minimum Gasteiger partial charge on any atom is -0.486 e. The number of benzene rings is 2. The van der Waals surface area contributed by atoms with Gasteiger partial charge >= 0.3 is 0 Å². The molecule has 2 heterocycles. The number of anilines is 1. The number of hydrogen-bond donors (Lipinski definition) is 0. The normalized spacial score (nSPS) is 17.2. The zero-order chi connectivity index (χ0) is 20.1. The Kier molecular flexibility index (Phi) is 4.22. The van der Waals surface area contributed by atoms with Crippen LogP contribution in [-0.2, 0) is 10.2 Å². The molecule has 0 radical (unpaired) electrons. The number of nitrogens with zero attached hydrogens (tertiary/aromatic N) is 3. The van der Waals surface area contributed by atoms with Crippen LogP contribution >= 0.6 is 0 Å². The highest BCUT2D eigenvalue weighted by Gasteiger charge is 2.46. The van der Waals surface area contributed by atoms with E-state index in [0.29, 0.717) is 13.2 Å². The number of fused-ring (bicyclic) bond motifs is 2. The fourth-order valence-electron chi connectivity index (χ4n) is 3.98. The van der Waals surface area contributed by atoms with E-state index in [-0.39, 0.29) is 16.0 Å². The van der Waals surface area contributed by atoms with Crippen LogP contribution in [-0.4, -0.2) is 42.5 Å². The first kappa shape index (κ1) is 18.2. The standard InChI is InChI=1S/C22H24N3O3/c1-22(2)18-13-17(25(26)27)9-10-19(18)24-11-12-28-20(14-21(22)24)15-5-7-16(8-6-15)23(3)4/h5-10,13-14H,11-12H2,1-4H3/q+1. The van der Waals surface area contributed by atoms with Gasteiger partial charge in [0.25, 0.3) is 5.69 Å². The Morgan fingerprint density at radius 3 is 2.50 bits per heavy atom. The van der Waals surface area contributed by atoms with Gasteiger partial charge in [0.2, 0.25) is 5.69 Å². The fourth-order valence-corrected chi connectivity index (χ4v) is 3.98. The molecule has 0 amide bonds. The maximum absolute atomic E-state index is 11.2. The number of hydrogen-bond acceptors (Lipinski definition) is 4. The Labute approximate surface area is 164 Å². The summed E-state index contributed by atoms with van der Waals surface area (Å²) < 4.78 is 8.30. The van der Waals surface area contributed by atoms with Crippen LogP contribution in [0.15, 0.2) is 48.5 Å². The van der Waals surface area contributed by atoms with Crippen molar-refractivity contribution >= 4 is 28.5 Å². The molecule has 2 aromatic rings. The predicted molar refractivity (Wildman–Crippen MR) is 111 cm³/mol. The lowest BCUT2D eigenvalue weighted by Gasteiger charge is -2.16. The second-order valence-electron chi connectivity index (χ2n) is 7.92. The van der Waals surface area contributed by atoms with Crippen molar-refractivity contribution in [3.05, 3.63) is 69.8 Å². The lowest BCUT2D eigenvalue weighted by Crippen LogP contribution is -2.27. The van der Waals surface area contributed by atoms with E-state index < -0.39 is 0 Å². The molecular weight excluding hydrogens is 354 g/mol. The van der Waals surface area contributed by atoms with Crippen molar-refractivity contribution in [2.75, 3.05) is 32.1 Å². The molecule has 6 nitrogen and oxygen atoms in total. The smallest absolute Gasteiger partial charge is 0.270 e. The van der Waals surface area contributed by atoms with E-state index in [9.17, 15) is 10.1 Å². The highest BCUT2D eigenvalue weighted by molar-refractivity contribution is 6.06. The van der Waals surface area contributed by atoms with Crippen LogP contribution < -0.4 is 4.90 Å². The molecule has 144 valence electrons. The van der Waals surface area contributed by atoms with Crippen molar-refractivity contribution in [3.8, 4) is 0 Å². The maximum Gasteiger partial charge on any atom is 0.270 e. The molecule has 0 saturated heterocycles. The molecular formula is C22H24N3O3+. The molecule has 0 aromatic heterocycles. The van der Waals surface area contributed by atoms with E-state index in [1.165, 1.54) is 0 Å². The van der Waals surface area contributed by atoms with Crippen LogP contribution in [0.4, 0.5) is 17.1 Å². The van der Waals surface area contributed by atoms with Gasteiger partial charge in [0.15, 0.2) is 12.3 Å². The van der Waals surface area contributed by atoms with Crippen molar-refractivity contribution in [3.63, 3.8) is 0 Å². The van der Waals surface area contributed by atoms with Crippen LogP contribution in [0.3, 0.4) is 0 Å². The predicted octanol–water partition coefficient (Wildman–Crippen LogP) is 4.11. The first-order valence-corrected chi connectivity index (χ1v) is 9.35. The first-order chi connectivity index (χ1) is 13.3. The van der Waals surface area contributed by atoms with Gasteiger partial charge in [0.1, 0.15) is 12.4 Å². The largest absolute Gasteiger partial charge is 0.486 e. The Morgan fingerprint density at radius 1 is 1.14 bits per heavy atom. The van der Waals surface area contributed by atoms with E-state index in [1.54, 1.807) is 12.1 Å². The number of nitro groups is 1. The summed E-state index contributed by atoms with van der Waals surface area (Å²) >= 11 is 0. The topological polar surface area (TPSA) is 58.6 Å².